The number of nitrogens with one attached hydrogen (secondary N) is 1. The van der Waals surface area contributed by atoms with Gasteiger partial charge >= 0.3 is 0 Å². The highest BCUT2D eigenvalue weighted by atomic mass is 32.2. The zero-order valence-electron chi connectivity index (χ0n) is 27.3. The molecule has 47 heavy (non-hydrogen) atoms. The van der Waals surface area contributed by atoms with Gasteiger partial charge < -0.3 is 10.2 Å². The molecule has 1 atom stereocenters. The van der Waals surface area contributed by atoms with E-state index in [4.69, 9.17) is 0 Å². The number of benzene rings is 4. The van der Waals surface area contributed by atoms with Crippen LogP contribution in [0.15, 0.2) is 114 Å². The topological polar surface area (TPSA) is 86.8 Å². The van der Waals surface area contributed by atoms with Crippen molar-refractivity contribution in [2.45, 2.75) is 82.3 Å². The minimum Gasteiger partial charge on any atom is -0.352 e. The summed E-state index contributed by atoms with van der Waals surface area (Å²) < 4.78 is 29.9. The van der Waals surface area contributed by atoms with Crippen molar-refractivity contribution >= 4 is 27.5 Å². The molecular formula is C39H45N3O4S. The third kappa shape index (κ3) is 8.69. The maximum atomic E-state index is 14.7. The Kier molecular flexibility index (Phi) is 11.5. The second-order valence-electron chi connectivity index (χ2n) is 12.4. The van der Waals surface area contributed by atoms with Gasteiger partial charge in [0.1, 0.15) is 12.6 Å². The van der Waals surface area contributed by atoms with Gasteiger partial charge in [-0.15, -0.1) is 0 Å². The fourth-order valence-corrected chi connectivity index (χ4v) is 7.73. The molecule has 0 aliphatic heterocycles. The summed E-state index contributed by atoms with van der Waals surface area (Å²) in [6, 6.07) is 32.4. The molecule has 0 spiro atoms. The van der Waals surface area contributed by atoms with Crippen molar-refractivity contribution in [2.24, 2.45) is 0 Å². The van der Waals surface area contributed by atoms with Gasteiger partial charge in [0.2, 0.25) is 11.8 Å². The summed E-state index contributed by atoms with van der Waals surface area (Å²) in [7, 11) is -4.15. The Labute approximate surface area is 279 Å². The molecule has 0 aromatic heterocycles. The van der Waals surface area contributed by atoms with Crippen LogP contribution in [0.3, 0.4) is 0 Å². The maximum Gasteiger partial charge on any atom is 0.264 e. The number of carbonyl (C=O) groups excluding carboxylic acids is 2. The first-order valence-electron chi connectivity index (χ1n) is 16.6. The van der Waals surface area contributed by atoms with Crippen LogP contribution < -0.4 is 9.62 Å². The Morgan fingerprint density at radius 1 is 0.787 bits per heavy atom. The van der Waals surface area contributed by atoms with Crippen molar-refractivity contribution in [3.8, 4) is 0 Å². The van der Waals surface area contributed by atoms with E-state index in [1.807, 2.05) is 86.6 Å². The number of aryl methyl sites for hydroxylation is 2. The average Bonchev–Trinajstić information content (AvgIpc) is 3.10. The highest BCUT2D eigenvalue weighted by Crippen LogP contribution is 2.29. The number of hydrogen-bond acceptors (Lipinski definition) is 4. The monoisotopic (exact) mass is 651 g/mol. The van der Waals surface area contributed by atoms with Crippen LogP contribution in [-0.2, 0) is 39.0 Å². The molecule has 1 aliphatic carbocycles. The predicted molar refractivity (Wildman–Crippen MR) is 187 cm³/mol. The summed E-state index contributed by atoms with van der Waals surface area (Å²) in [5, 5.41) is 3.26. The predicted octanol–water partition coefficient (Wildman–Crippen LogP) is 6.84. The normalized spacial score (nSPS) is 14.3. The fourth-order valence-electron chi connectivity index (χ4n) is 6.28. The zero-order valence-corrected chi connectivity index (χ0v) is 28.2. The molecule has 1 aliphatic rings. The molecule has 4 aromatic carbocycles. The smallest absolute Gasteiger partial charge is 0.264 e. The first kappa shape index (κ1) is 33.9. The molecule has 0 bridgehead atoms. The Bertz CT molecular complexity index is 1720. The highest BCUT2D eigenvalue weighted by molar-refractivity contribution is 7.92. The van der Waals surface area contributed by atoms with E-state index >= 15 is 0 Å². The molecule has 0 saturated heterocycles. The lowest BCUT2D eigenvalue weighted by molar-refractivity contribution is -0.140. The number of anilines is 1. The minimum atomic E-state index is -4.15. The molecule has 246 valence electrons. The number of para-hydroxylation sites is 1. The van der Waals surface area contributed by atoms with Gasteiger partial charge in [-0.3, -0.25) is 13.9 Å². The van der Waals surface area contributed by atoms with Crippen molar-refractivity contribution in [3.63, 3.8) is 0 Å². The number of nitrogens with zero attached hydrogens (tertiary/aromatic N) is 2. The van der Waals surface area contributed by atoms with Gasteiger partial charge in [-0.25, -0.2) is 8.42 Å². The van der Waals surface area contributed by atoms with Gasteiger partial charge in [-0.05, 0) is 61.1 Å². The van der Waals surface area contributed by atoms with Crippen LogP contribution in [0.25, 0.3) is 0 Å². The molecule has 7 nitrogen and oxygen atoms in total. The summed E-state index contributed by atoms with van der Waals surface area (Å²) in [6.45, 7) is 3.56. The maximum absolute atomic E-state index is 14.7. The second-order valence-corrected chi connectivity index (χ2v) is 14.2. The van der Waals surface area contributed by atoms with E-state index in [2.05, 4.69) is 5.32 Å². The summed E-state index contributed by atoms with van der Waals surface area (Å²) in [5.74, 6) is -0.665. The largest absolute Gasteiger partial charge is 0.352 e. The van der Waals surface area contributed by atoms with Crippen molar-refractivity contribution in [1.82, 2.24) is 10.2 Å². The van der Waals surface area contributed by atoms with E-state index in [0.29, 0.717) is 18.5 Å². The van der Waals surface area contributed by atoms with Crippen molar-refractivity contribution in [3.05, 3.63) is 131 Å². The Hall–Kier alpha value is -4.43. The van der Waals surface area contributed by atoms with Gasteiger partial charge in [0.25, 0.3) is 10.0 Å². The lowest BCUT2D eigenvalue weighted by Crippen LogP contribution is -2.55. The molecule has 0 radical (unpaired) electrons. The van der Waals surface area contributed by atoms with Gasteiger partial charge in [0.15, 0.2) is 0 Å². The van der Waals surface area contributed by atoms with Gasteiger partial charge in [0, 0.05) is 19.0 Å². The molecule has 1 N–H and O–H groups in total. The molecule has 1 saturated carbocycles. The van der Waals surface area contributed by atoms with Gasteiger partial charge in [0.05, 0.1) is 10.6 Å². The first-order chi connectivity index (χ1) is 22.8. The highest BCUT2D eigenvalue weighted by Gasteiger charge is 2.36. The van der Waals surface area contributed by atoms with Crippen LogP contribution >= 0.6 is 0 Å². The first-order valence-corrected chi connectivity index (χ1v) is 18.0. The third-order valence-corrected chi connectivity index (χ3v) is 10.7. The van der Waals surface area contributed by atoms with E-state index in [1.165, 1.54) is 4.31 Å². The number of sulfonamides is 1. The summed E-state index contributed by atoms with van der Waals surface area (Å²) in [6.07, 6.45) is 5.97. The van der Waals surface area contributed by atoms with E-state index in [-0.39, 0.29) is 23.4 Å². The standard InChI is InChI=1S/C39H45N3O4S/c1-3-33-19-13-14-22-36(33)42(47(45,46)35-25-23-30(2)24-26-35)29-38(43)41(28-32-17-9-5-10-18-32)37(27-31-15-7-4-8-16-31)39(44)40-34-20-11-6-12-21-34/h4-5,7-10,13-19,22-26,34,37H,3,6,11-12,20-21,27-29H2,1-2H3,(H,40,44)/t37-/m1/s1. The van der Waals surface area contributed by atoms with Crippen LogP contribution in [0, 0.1) is 6.92 Å². The molecule has 8 heteroatoms. The summed E-state index contributed by atoms with van der Waals surface area (Å²) in [5.41, 5.74) is 3.97. The quantitative estimate of drug-likeness (QED) is 0.172. The number of hydrogen-bond donors (Lipinski definition) is 1. The Morgan fingerprint density at radius 2 is 1.38 bits per heavy atom. The molecule has 4 aromatic rings. The second kappa shape index (κ2) is 15.9. The third-order valence-electron chi connectivity index (χ3n) is 8.95. The Morgan fingerprint density at radius 3 is 2.02 bits per heavy atom. The SMILES string of the molecule is CCc1ccccc1N(CC(=O)N(Cc1ccccc1)[C@H](Cc1ccccc1)C(=O)NC1CCCCC1)S(=O)(=O)c1ccc(C)cc1. The molecule has 5 rings (SSSR count). The number of rotatable bonds is 13. The molecule has 0 heterocycles. The van der Waals surface area contributed by atoms with Crippen molar-refractivity contribution < 1.29 is 18.0 Å². The van der Waals surface area contributed by atoms with E-state index in [1.54, 1.807) is 41.3 Å². The number of amides is 2. The molecule has 2 amide bonds. The summed E-state index contributed by atoms with van der Waals surface area (Å²) >= 11 is 0. The molecule has 0 unspecified atom stereocenters. The van der Waals surface area contributed by atoms with Crippen LogP contribution in [0.5, 0.6) is 0 Å². The van der Waals surface area contributed by atoms with Crippen LogP contribution in [-0.4, -0.2) is 43.8 Å². The molecular weight excluding hydrogens is 607 g/mol. The van der Waals surface area contributed by atoms with Crippen LogP contribution in [0.1, 0.15) is 61.3 Å². The van der Waals surface area contributed by atoms with E-state index in [0.717, 1.165) is 54.4 Å². The minimum absolute atomic E-state index is 0.0537. The fraction of sp³-hybridized carbons (Fsp3) is 0.333. The van der Waals surface area contributed by atoms with Gasteiger partial charge in [-0.1, -0.05) is 123 Å². The summed E-state index contributed by atoms with van der Waals surface area (Å²) in [4.78, 5) is 30.6. The molecule has 1 fully saturated rings. The number of carbonyl (C=O) groups is 2. The van der Waals surface area contributed by atoms with Crippen LogP contribution in [0.4, 0.5) is 5.69 Å². The zero-order chi connectivity index (χ0) is 33.2. The van der Waals surface area contributed by atoms with Gasteiger partial charge in [-0.2, -0.15) is 0 Å². The van der Waals surface area contributed by atoms with Crippen molar-refractivity contribution in [1.29, 1.82) is 0 Å². The van der Waals surface area contributed by atoms with E-state index < -0.39 is 28.5 Å². The lowest BCUT2D eigenvalue weighted by atomic mass is 9.94. The Balaban J connectivity index is 1.57. The van der Waals surface area contributed by atoms with E-state index in [9.17, 15) is 18.0 Å². The van der Waals surface area contributed by atoms with Crippen molar-refractivity contribution in [2.75, 3.05) is 10.8 Å². The lowest BCUT2D eigenvalue weighted by Gasteiger charge is -2.35. The average molecular weight is 652 g/mol. The van der Waals surface area contributed by atoms with Crippen LogP contribution in [0.2, 0.25) is 0 Å².